The maximum Gasteiger partial charge on any atom is 0.416 e. The number of benzene rings is 1. The Morgan fingerprint density at radius 1 is 1.32 bits per heavy atom. The molecule has 1 atom stereocenters. The zero-order valence-electron chi connectivity index (χ0n) is 17.1. The zero-order chi connectivity index (χ0) is 23.4. The van der Waals surface area contributed by atoms with E-state index in [1.54, 1.807) is 33.8 Å². The largest absolute Gasteiger partial charge is 0.462 e. The lowest BCUT2D eigenvalue weighted by Gasteiger charge is -2.15. The standard InChI is InChI=1S/C20H20ClF3N2O3S2/c1-5-29-18(27)14-7-6-8-25-17(14)30-16-12(11-26-31(28)19(2,3)4)9-13(10-15(16)21)20(22,23)24/h6-11H,5H2,1-4H3. The van der Waals surface area contributed by atoms with Gasteiger partial charge in [-0.05, 0) is 52.0 Å². The van der Waals surface area contributed by atoms with E-state index in [-0.39, 0.29) is 32.7 Å². The van der Waals surface area contributed by atoms with Crippen molar-refractivity contribution in [3.63, 3.8) is 0 Å². The van der Waals surface area contributed by atoms with Crippen molar-refractivity contribution >= 4 is 46.5 Å². The molecular weight excluding hydrogens is 473 g/mol. The molecule has 0 radical (unpaired) electrons. The number of esters is 1. The Hall–Kier alpha value is -1.91. The van der Waals surface area contributed by atoms with Gasteiger partial charge in [-0.1, -0.05) is 23.4 Å². The minimum atomic E-state index is -4.64. The van der Waals surface area contributed by atoms with Gasteiger partial charge in [-0.25, -0.2) is 14.0 Å². The maximum absolute atomic E-state index is 13.3. The van der Waals surface area contributed by atoms with Gasteiger partial charge in [0.2, 0.25) is 0 Å². The number of nitrogens with zero attached hydrogens (tertiary/aromatic N) is 2. The normalized spacial score (nSPS) is 13.4. The van der Waals surface area contributed by atoms with E-state index in [1.165, 1.54) is 12.3 Å². The summed E-state index contributed by atoms with van der Waals surface area (Å²) in [5.41, 5.74) is -0.828. The molecule has 2 aromatic rings. The van der Waals surface area contributed by atoms with Crippen LogP contribution >= 0.6 is 23.4 Å². The van der Waals surface area contributed by atoms with Gasteiger partial charge in [0.15, 0.2) is 0 Å². The average Bonchev–Trinajstić information content (AvgIpc) is 2.66. The molecule has 31 heavy (non-hydrogen) atoms. The van der Waals surface area contributed by atoms with Gasteiger partial charge in [0.1, 0.15) is 16.0 Å². The van der Waals surface area contributed by atoms with E-state index in [9.17, 15) is 22.2 Å². The van der Waals surface area contributed by atoms with Crippen molar-refractivity contribution in [1.29, 1.82) is 0 Å². The van der Waals surface area contributed by atoms with E-state index in [0.717, 1.165) is 30.1 Å². The van der Waals surface area contributed by atoms with Crippen LogP contribution in [0.25, 0.3) is 0 Å². The average molecular weight is 493 g/mol. The Morgan fingerprint density at radius 2 is 2.00 bits per heavy atom. The van der Waals surface area contributed by atoms with Crippen LogP contribution in [0.4, 0.5) is 13.2 Å². The summed E-state index contributed by atoms with van der Waals surface area (Å²) in [6.45, 7) is 6.87. The summed E-state index contributed by atoms with van der Waals surface area (Å²) in [5.74, 6) is -0.620. The first-order chi connectivity index (χ1) is 14.3. The smallest absolute Gasteiger partial charge is 0.416 e. The first kappa shape index (κ1) is 25.4. The van der Waals surface area contributed by atoms with E-state index < -0.39 is 33.4 Å². The molecule has 1 unspecified atom stereocenters. The molecule has 0 saturated carbocycles. The van der Waals surface area contributed by atoms with E-state index in [0.29, 0.717) is 0 Å². The van der Waals surface area contributed by atoms with Gasteiger partial charge in [-0.2, -0.15) is 17.6 Å². The van der Waals surface area contributed by atoms with Crippen LogP contribution < -0.4 is 0 Å². The Bertz CT molecular complexity index is 1020. The summed E-state index contributed by atoms with van der Waals surface area (Å²) in [6, 6.07) is 4.69. The second-order valence-corrected chi connectivity index (χ2v) is 10.5. The third-order valence-electron chi connectivity index (χ3n) is 3.68. The van der Waals surface area contributed by atoms with Crippen molar-refractivity contribution in [3.8, 4) is 0 Å². The highest BCUT2D eigenvalue weighted by molar-refractivity contribution is 7.99. The summed E-state index contributed by atoms with van der Waals surface area (Å²) in [6.07, 6.45) is -2.11. The minimum absolute atomic E-state index is 0.00267. The molecule has 0 amide bonds. The first-order valence-corrected chi connectivity index (χ1v) is 11.3. The second kappa shape index (κ2) is 10.1. The number of ether oxygens (including phenoxy) is 1. The second-order valence-electron chi connectivity index (χ2n) is 7.15. The zero-order valence-corrected chi connectivity index (χ0v) is 19.5. The van der Waals surface area contributed by atoms with Crippen molar-refractivity contribution < 1.29 is 26.9 Å². The van der Waals surface area contributed by atoms with Crippen LogP contribution in [-0.2, 0) is 21.9 Å². The van der Waals surface area contributed by atoms with E-state index >= 15 is 0 Å². The number of hydrogen-bond donors (Lipinski definition) is 0. The van der Waals surface area contributed by atoms with Crippen LogP contribution in [-0.4, -0.2) is 32.7 Å². The molecule has 2 rings (SSSR count). The van der Waals surface area contributed by atoms with Gasteiger partial charge in [0.05, 0.1) is 27.5 Å². The Kier molecular flexibility index (Phi) is 8.29. The van der Waals surface area contributed by atoms with Crippen molar-refractivity contribution in [2.24, 2.45) is 4.40 Å². The molecule has 1 heterocycles. The fourth-order valence-corrected chi connectivity index (χ4v) is 4.00. The van der Waals surface area contributed by atoms with Gasteiger partial charge in [-0.15, -0.1) is 0 Å². The number of hydrogen-bond acceptors (Lipinski definition) is 5. The number of carbonyl (C=O) groups is 1. The third-order valence-corrected chi connectivity index (χ3v) is 6.61. The highest BCUT2D eigenvalue weighted by Gasteiger charge is 2.32. The molecule has 0 bridgehead atoms. The van der Waals surface area contributed by atoms with Gasteiger partial charge in [0.25, 0.3) is 0 Å². The lowest BCUT2D eigenvalue weighted by molar-refractivity contribution is -0.137. The van der Waals surface area contributed by atoms with E-state index in [1.807, 2.05) is 0 Å². The first-order valence-electron chi connectivity index (χ1n) is 9.01. The molecule has 11 heteroatoms. The van der Waals surface area contributed by atoms with Crippen LogP contribution in [0.2, 0.25) is 5.02 Å². The third kappa shape index (κ3) is 6.78. The molecule has 168 valence electrons. The highest BCUT2D eigenvalue weighted by atomic mass is 35.5. The predicted octanol–water partition coefficient (Wildman–Crippen LogP) is 5.96. The summed E-state index contributed by atoms with van der Waals surface area (Å²) >= 11 is 7.09. The molecule has 1 aromatic carbocycles. The van der Waals surface area contributed by atoms with Gasteiger partial charge in [-0.3, -0.25) is 0 Å². The molecule has 0 saturated heterocycles. The number of carbonyl (C=O) groups excluding carboxylic acids is 1. The Labute approximate surface area is 190 Å². The summed E-state index contributed by atoms with van der Waals surface area (Å²) in [4.78, 5) is 16.5. The lowest BCUT2D eigenvalue weighted by atomic mass is 10.1. The van der Waals surface area contributed by atoms with Crippen LogP contribution in [0.5, 0.6) is 0 Å². The molecule has 0 spiro atoms. The minimum Gasteiger partial charge on any atom is -0.462 e. The molecule has 0 aliphatic rings. The van der Waals surface area contributed by atoms with Crippen molar-refractivity contribution in [1.82, 2.24) is 4.98 Å². The van der Waals surface area contributed by atoms with Crippen LogP contribution in [0.15, 0.2) is 44.8 Å². The molecule has 0 aliphatic heterocycles. The van der Waals surface area contributed by atoms with Crippen LogP contribution in [0.3, 0.4) is 0 Å². The molecule has 5 nitrogen and oxygen atoms in total. The Balaban J connectivity index is 2.59. The van der Waals surface area contributed by atoms with Gasteiger partial charge >= 0.3 is 12.1 Å². The monoisotopic (exact) mass is 492 g/mol. The summed E-state index contributed by atoms with van der Waals surface area (Å²) in [7, 11) is -1.70. The van der Waals surface area contributed by atoms with Crippen LogP contribution in [0, 0.1) is 0 Å². The lowest BCUT2D eigenvalue weighted by Crippen LogP contribution is -2.19. The fourth-order valence-electron chi connectivity index (χ4n) is 2.18. The van der Waals surface area contributed by atoms with Crippen molar-refractivity contribution in [2.75, 3.05) is 6.61 Å². The quantitative estimate of drug-likeness (QED) is 0.367. The van der Waals surface area contributed by atoms with E-state index in [4.69, 9.17) is 16.3 Å². The summed E-state index contributed by atoms with van der Waals surface area (Å²) in [5, 5.41) is -0.00233. The van der Waals surface area contributed by atoms with E-state index in [2.05, 4.69) is 9.38 Å². The SMILES string of the molecule is CCOC(=O)c1cccnc1Sc1c(Cl)cc(C(F)(F)F)cc1C=NS(=O)C(C)(C)C. The van der Waals surface area contributed by atoms with Crippen molar-refractivity contribution in [3.05, 3.63) is 52.2 Å². The van der Waals surface area contributed by atoms with Crippen molar-refractivity contribution in [2.45, 2.75) is 48.5 Å². The Morgan fingerprint density at radius 3 is 2.58 bits per heavy atom. The molecule has 0 aliphatic carbocycles. The maximum atomic E-state index is 13.3. The molecule has 0 fully saturated rings. The van der Waals surface area contributed by atoms with Gasteiger partial charge < -0.3 is 4.74 Å². The highest BCUT2D eigenvalue weighted by Crippen LogP contribution is 2.40. The summed E-state index contributed by atoms with van der Waals surface area (Å²) < 4.78 is 60.4. The number of rotatable bonds is 6. The molecule has 1 aromatic heterocycles. The van der Waals surface area contributed by atoms with Gasteiger partial charge in [0, 0.05) is 22.9 Å². The fraction of sp³-hybridized carbons (Fsp3) is 0.350. The molecular formula is C20H20ClF3N2O3S2. The number of aromatic nitrogens is 1. The number of pyridine rings is 1. The predicted molar refractivity (Wildman–Crippen MR) is 116 cm³/mol. The molecule has 0 N–H and O–H groups in total. The number of halogens is 4. The van der Waals surface area contributed by atoms with Crippen LogP contribution in [0.1, 0.15) is 49.2 Å². The topological polar surface area (TPSA) is 68.6 Å². The number of alkyl halides is 3.